The van der Waals surface area contributed by atoms with Crippen molar-refractivity contribution in [1.82, 2.24) is 15.5 Å². The molecule has 35 heavy (non-hydrogen) atoms. The Balaban J connectivity index is 1.53. The zero-order valence-corrected chi connectivity index (χ0v) is 20.5. The van der Waals surface area contributed by atoms with Crippen molar-refractivity contribution in [2.24, 2.45) is 0 Å². The maximum atomic E-state index is 12.6. The molecule has 1 aromatic heterocycles. The van der Waals surface area contributed by atoms with E-state index in [2.05, 4.69) is 21.6 Å². The molecule has 0 fully saturated rings. The molecule has 3 aromatic rings. The van der Waals surface area contributed by atoms with Gasteiger partial charge in [0.2, 0.25) is 5.91 Å². The van der Waals surface area contributed by atoms with Crippen molar-refractivity contribution in [2.75, 3.05) is 41.0 Å². The highest BCUT2D eigenvalue weighted by Crippen LogP contribution is 2.35. The number of hydrogen-bond acceptors (Lipinski definition) is 7. The highest BCUT2D eigenvalue weighted by molar-refractivity contribution is 5.98. The lowest BCUT2D eigenvalue weighted by Gasteiger charge is -2.29. The van der Waals surface area contributed by atoms with Gasteiger partial charge >= 0.3 is 0 Å². The fraction of sp³-hybridized carbons (Fsp3) is 0.385. The van der Waals surface area contributed by atoms with Gasteiger partial charge in [-0.2, -0.15) is 0 Å². The number of benzene rings is 2. The predicted molar refractivity (Wildman–Crippen MR) is 131 cm³/mol. The van der Waals surface area contributed by atoms with Crippen molar-refractivity contribution in [2.45, 2.75) is 26.4 Å². The Morgan fingerprint density at radius 2 is 1.63 bits per heavy atom. The quantitative estimate of drug-likeness (QED) is 0.453. The van der Waals surface area contributed by atoms with E-state index >= 15 is 0 Å². The van der Waals surface area contributed by atoms with Crippen LogP contribution in [-0.2, 0) is 24.3 Å². The largest absolute Gasteiger partial charge is 0.493 e. The maximum Gasteiger partial charge on any atom is 0.287 e. The molecule has 0 spiro atoms. The second-order valence-electron chi connectivity index (χ2n) is 8.46. The van der Waals surface area contributed by atoms with Crippen LogP contribution >= 0.6 is 0 Å². The van der Waals surface area contributed by atoms with Crippen molar-refractivity contribution in [3.63, 3.8) is 0 Å². The van der Waals surface area contributed by atoms with Crippen LogP contribution in [0.4, 0.5) is 0 Å². The number of nitrogens with one attached hydrogen (secondary N) is 2. The summed E-state index contributed by atoms with van der Waals surface area (Å²) in [5, 5.41) is 6.25. The van der Waals surface area contributed by atoms with Crippen LogP contribution in [0.2, 0.25) is 0 Å². The number of amides is 2. The fourth-order valence-corrected chi connectivity index (χ4v) is 4.38. The molecular weight excluding hydrogens is 450 g/mol. The lowest BCUT2D eigenvalue weighted by Crippen LogP contribution is -2.33. The van der Waals surface area contributed by atoms with Gasteiger partial charge in [0.15, 0.2) is 28.6 Å². The van der Waals surface area contributed by atoms with Crippen molar-refractivity contribution in [3.05, 3.63) is 52.8 Å². The molecule has 0 saturated carbocycles. The number of methoxy groups -OCH3 is 3. The van der Waals surface area contributed by atoms with E-state index in [1.165, 1.54) is 18.1 Å². The van der Waals surface area contributed by atoms with Crippen LogP contribution in [0.1, 0.15) is 34.2 Å². The molecule has 0 saturated heterocycles. The van der Waals surface area contributed by atoms with Gasteiger partial charge in [0.05, 0.1) is 21.3 Å². The van der Waals surface area contributed by atoms with Gasteiger partial charge in [-0.1, -0.05) is 6.07 Å². The fourth-order valence-electron chi connectivity index (χ4n) is 4.38. The molecule has 4 rings (SSSR count). The Morgan fingerprint density at radius 3 is 2.31 bits per heavy atom. The standard InChI is InChI=1S/C26H31N3O6/c1-16(30)27-8-9-28-26(31)24-13-20-18(5-6-21(32-2)25(20)35-24)14-29-10-7-17-11-22(33-3)23(34-4)12-19(17)15-29/h5-6,11-13H,7-10,14-15H2,1-4H3,(H,27,30)(H,28,31). The van der Waals surface area contributed by atoms with E-state index in [0.29, 0.717) is 31.0 Å². The number of nitrogens with zero attached hydrogens (tertiary/aromatic N) is 1. The summed E-state index contributed by atoms with van der Waals surface area (Å²) in [6.07, 6.45) is 0.905. The molecule has 0 bridgehead atoms. The summed E-state index contributed by atoms with van der Waals surface area (Å²) in [7, 11) is 4.87. The first kappa shape index (κ1) is 24.4. The van der Waals surface area contributed by atoms with Crippen molar-refractivity contribution in [1.29, 1.82) is 0 Å². The zero-order valence-electron chi connectivity index (χ0n) is 20.5. The van der Waals surface area contributed by atoms with E-state index in [-0.39, 0.29) is 17.6 Å². The average molecular weight is 482 g/mol. The van der Waals surface area contributed by atoms with Crippen LogP contribution in [0.25, 0.3) is 11.0 Å². The minimum atomic E-state index is -0.340. The van der Waals surface area contributed by atoms with E-state index in [9.17, 15) is 9.59 Å². The summed E-state index contributed by atoms with van der Waals surface area (Å²) in [5.41, 5.74) is 4.07. The van der Waals surface area contributed by atoms with Crippen molar-refractivity contribution >= 4 is 22.8 Å². The Hall–Kier alpha value is -3.72. The molecule has 1 aliphatic heterocycles. The summed E-state index contributed by atoms with van der Waals surface area (Å²) >= 11 is 0. The summed E-state index contributed by atoms with van der Waals surface area (Å²) in [6.45, 7) is 4.45. The van der Waals surface area contributed by atoms with Gasteiger partial charge in [0.1, 0.15) is 0 Å². The Kier molecular flexibility index (Phi) is 7.45. The highest BCUT2D eigenvalue weighted by atomic mass is 16.5. The third-order valence-corrected chi connectivity index (χ3v) is 6.16. The number of fused-ring (bicyclic) bond motifs is 2. The third-order valence-electron chi connectivity index (χ3n) is 6.16. The van der Waals surface area contributed by atoms with E-state index in [4.69, 9.17) is 18.6 Å². The number of carbonyl (C=O) groups excluding carboxylic acids is 2. The molecule has 0 radical (unpaired) electrons. The molecule has 0 aliphatic carbocycles. The zero-order chi connectivity index (χ0) is 24.9. The summed E-state index contributed by atoms with van der Waals surface area (Å²) < 4.78 is 22.3. The monoisotopic (exact) mass is 481 g/mol. The number of furan rings is 1. The lowest BCUT2D eigenvalue weighted by atomic mass is 9.98. The van der Waals surface area contributed by atoms with E-state index in [1.807, 2.05) is 18.2 Å². The minimum Gasteiger partial charge on any atom is -0.493 e. The van der Waals surface area contributed by atoms with E-state index in [1.54, 1.807) is 27.4 Å². The van der Waals surface area contributed by atoms with Crippen molar-refractivity contribution in [3.8, 4) is 17.2 Å². The predicted octanol–water partition coefficient (Wildman–Crippen LogP) is 2.88. The molecule has 2 N–H and O–H groups in total. The first-order chi connectivity index (χ1) is 16.9. The molecule has 0 unspecified atom stereocenters. The molecule has 1 aliphatic rings. The van der Waals surface area contributed by atoms with Crippen LogP contribution in [0.3, 0.4) is 0 Å². The molecule has 9 nitrogen and oxygen atoms in total. The number of carbonyl (C=O) groups is 2. The SMILES string of the molecule is COc1cc2c(cc1OC)CN(Cc1ccc(OC)c3oc(C(=O)NCCNC(C)=O)cc13)CC2. The van der Waals surface area contributed by atoms with Crippen molar-refractivity contribution < 1.29 is 28.2 Å². The maximum absolute atomic E-state index is 12.6. The summed E-state index contributed by atoms with van der Waals surface area (Å²) in [6, 6.07) is 9.74. The molecule has 186 valence electrons. The number of ether oxygens (including phenoxy) is 3. The van der Waals surface area contributed by atoms with Gasteiger partial charge in [-0.3, -0.25) is 14.5 Å². The Morgan fingerprint density at radius 1 is 0.943 bits per heavy atom. The molecule has 2 amide bonds. The van der Waals surface area contributed by atoms with Crippen LogP contribution in [0, 0.1) is 0 Å². The first-order valence-corrected chi connectivity index (χ1v) is 11.5. The smallest absolute Gasteiger partial charge is 0.287 e. The van der Waals surface area contributed by atoms with Crippen LogP contribution in [0.5, 0.6) is 17.2 Å². The van der Waals surface area contributed by atoms with E-state index < -0.39 is 0 Å². The molecule has 0 atom stereocenters. The molecule has 9 heteroatoms. The van der Waals surface area contributed by atoms with Gasteiger partial charge in [-0.15, -0.1) is 0 Å². The number of rotatable bonds is 9. The van der Waals surface area contributed by atoms with Crippen LogP contribution < -0.4 is 24.8 Å². The van der Waals surface area contributed by atoms with Gasteiger partial charge in [0, 0.05) is 45.0 Å². The third kappa shape index (κ3) is 5.35. The lowest BCUT2D eigenvalue weighted by molar-refractivity contribution is -0.118. The highest BCUT2D eigenvalue weighted by Gasteiger charge is 2.22. The second kappa shape index (κ2) is 10.7. The van der Waals surface area contributed by atoms with Gasteiger partial charge in [-0.05, 0) is 47.4 Å². The van der Waals surface area contributed by atoms with Gasteiger partial charge in [0.25, 0.3) is 5.91 Å². The Bertz CT molecular complexity index is 1240. The first-order valence-electron chi connectivity index (χ1n) is 11.5. The normalized spacial score (nSPS) is 13.3. The molecular formula is C26H31N3O6. The van der Waals surface area contributed by atoms with Gasteiger partial charge in [-0.25, -0.2) is 0 Å². The topological polar surface area (TPSA) is 102 Å². The van der Waals surface area contributed by atoms with Gasteiger partial charge < -0.3 is 29.3 Å². The van der Waals surface area contributed by atoms with Crippen LogP contribution in [0.15, 0.2) is 34.7 Å². The summed E-state index contributed by atoms with van der Waals surface area (Å²) in [4.78, 5) is 26.0. The van der Waals surface area contributed by atoms with E-state index in [0.717, 1.165) is 42.0 Å². The number of hydrogen-bond donors (Lipinski definition) is 2. The minimum absolute atomic E-state index is 0.143. The summed E-state index contributed by atoms with van der Waals surface area (Å²) in [5.74, 6) is 1.76. The molecule has 2 heterocycles. The second-order valence-corrected chi connectivity index (χ2v) is 8.46. The average Bonchev–Trinajstić information content (AvgIpc) is 3.32. The Labute approximate surface area is 204 Å². The van der Waals surface area contributed by atoms with Crippen LogP contribution in [-0.4, -0.2) is 57.7 Å². The molecule has 2 aromatic carbocycles.